The molecule has 0 spiro atoms. The minimum atomic E-state index is -4.96. The summed E-state index contributed by atoms with van der Waals surface area (Å²) < 4.78 is 41.8. The van der Waals surface area contributed by atoms with Gasteiger partial charge in [-0.15, -0.1) is 0 Å². The summed E-state index contributed by atoms with van der Waals surface area (Å²) in [5.41, 5.74) is -0.208. The average molecular weight is 415 g/mol. The lowest BCUT2D eigenvalue weighted by Gasteiger charge is -2.20. The van der Waals surface area contributed by atoms with Crippen LogP contribution in [-0.2, 0) is 4.79 Å². The highest BCUT2D eigenvalue weighted by molar-refractivity contribution is 5.81. The molecular formula is C21H28F3NO4. The maximum Gasteiger partial charge on any atom is 0.471 e. The molecule has 0 heterocycles. The zero-order valence-corrected chi connectivity index (χ0v) is 16.9. The molecule has 1 aromatic rings. The van der Waals surface area contributed by atoms with Crippen LogP contribution in [0.4, 0.5) is 13.2 Å². The van der Waals surface area contributed by atoms with Gasteiger partial charge in [-0.25, -0.2) is 0 Å². The second-order valence-corrected chi connectivity index (χ2v) is 6.83. The zero-order valence-electron chi connectivity index (χ0n) is 16.9. The molecule has 0 radical (unpaired) electrons. The summed E-state index contributed by atoms with van der Waals surface area (Å²) >= 11 is 0. The molecule has 0 aliphatic rings. The first kappa shape index (κ1) is 24.8. The van der Waals surface area contributed by atoms with Crippen molar-refractivity contribution in [2.45, 2.75) is 63.8 Å². The van der Waals surface area contributed by atoms with Crippen LogP contribution in [0.5, 0.6) is 5.75 Å². The van der Waals surface area contributed by atoms with E-state index in [9.17, 15) is 28.2 Å². The fourth-order valence-corrected chi connectivity index (χ4v) is 2.86. The van der Waals surface area contributed by atoms with Gasteiger partial charge in [0, 0.05) is 12.1 Å². The Balaban J connectivity index is 2.96. The second-order valence-electron chi connectivity index (χ2n) is 6.83. The van der Waals surface area contributed by atoms with Crippen LogP contribution in [-0.4, -0.2) is 41.6 Å². The maximum absolute atomic E-state index is 12.2. The molecule has 1 amide bonds. The summed E-state index contributed by atoms with van der Waals surface area (Å²) in [5, 5.41) is 22.6. The first-order valence-corrected chi connectivity index (χ1v) is 9.52. The van der Waals surface area contributed by atoms with E-state index in [1.165, 1.54) is 7.11 Å². The van der Waals surface area contributed by atoms with Crippen molar-refractivity contribution < 1.29 is 32.9 Å². The Labute approximate surface area is 169 Å². The molecule has 0 aliphatic heterocycles. The number of ether oxygens (including phenoxy) is 1. The Kier molecular flexibility index (Phi) is 9.47. The van der Waals surface area contributed by atoms with E-state index in [-0.39, 0.29) is 13.0 Å². The first-order valence-electron chi connectivity index (χ1n) is 9.52. The Morgan fingerprint density at radius 2 is 1.83 bits per heavy atom. The molecule has 0 aromatic heterocycles. The number of alkyl halides is 3. The van der Waals surface area contributed by atoms with Crippen molar-refractivity contribution in [1.29, 1.82) is 0 Å². The predicted octanol–water partition coefficient (Wildman–Crippen LogP) is 3.48. The van der Waals surface area contributed by atoms with Crippen molar-refractivity contribution in [3.8, 4) is 17.6 Å². The topological polar surface area (TPSA) is 78.8 Å². The summed E-state index contributed by atoms with van der Waals surface area (Å²) in [7, 11) is 1.44. The van der Waals surface area contributed by atoms with Crippen molar-refractivity contribution in [2.24, 2.45) is 0 Å². The van der Waals surface area contributed by atoms with E-state index in [0.29, 0.717) is 29.7 Å². The summed E-state index contributed by atoms with van der Waals surface area (Å²) in [4.78, 5) is 10.8. The minimum Gasteiger partial charge on any atom is -0.497 e. The molecule has 0 bridgehead atoms. The van der Waals surface area contributed by atoms with E-state index in [2.05, 4.69) is 11.8 Å². The van der Waals surface area contributed by atoms with E-state index in [1.807, 2.05) is 13.8 Å². The van der Waals surface area contributed by atoms with Crippen molar-refractivity contribution >= 4 is 5.91 Å². The number of carbonyl (C=O) groups excluding carboxylic acids is 1. The van der Waals surface area contributed by atoms with Crippen molar-refractivity contribution in [3.63, 3.8) is 0 Å². The number of benzene rings is 1. The van der Waals surface area contributed by atoms with Crippen LogP contribution >= 0.6 is 0 Å². The Bertz CT molecular complexity index is 732. The van der Waals surface area contributed by atoms with E-state index in [0.717, 1.165) is 12.8 Å². The van der Waals surface area contributed by atoms with Gasteiger partial charge in [-0.2, -0.15) is 13.2 Å². The molecule has 162 valence electrons. The van der Waals surface area contributed by atoms with Crippen molar-refractivity contribution in [2.75, 3.05) is 13.7 Å². The number of aliphatic hydroxyl groups is 2. The van der Waals surface area contributed by atoms with Crippen LogP contribution < -0.4 is 10.1 Å². The predicted molar refractivity (Wildman–Crippen MR) is 103 cm³/mol. The molecule has 5 nitrogen and oxygen atoms in total. The van der Waals surface area contributed by atoms with Crippen LogP contribution in [0.3, 0.4) is 0 Å². The number of nitrogens with one attached hydrogen (secondary N) is 1. The highest BCUT2D eigenvalue weighted by atomic mass is 19.4. The van der Waals surface area contributed by atoms with Gasteiger partial charge in [0.25, 0.3) is 0 Å². The molecule has 0 aliphatic carbocycles. The molecule has 0 fully saturated rings. The first-order chi connectivity index (χ1) is 13.5. The number of hydrogen-bond donors (Lipinski definition) is 3. The molecule has 1 atom stereocenters. The lowest BCUT2D eigenvalue weighted by atomic mass is 9.93. The molecule has 0 saturated carbocycles. The number of rotatable bonds is 9. The normalized spacial score (nSPS) is 12.7. The standard InChI is InChI=1S/C21H28F3NO4/c1-4-8-20(28,9-5-2)10-6-15-12-16(14-17(13-15)29-3)18(26)7-11-25-19(27)21(22,23)24/h12-14,18,26,28H,4-5,7-9,11H2,1-3H3,(H,25,27). The van der Waals surface area contributed by atoms with Gasteiger partial charge in [-0.1, -0.05) is 38.5 Å². The van der Waals surface area contributed by atoms with Gasteiger partial charge < -0.3 is 20.3 Å². The van der Waals surface area contributed by atoms with Crippen molar-refractivity contribution in [1.82, 2.24) is 5.32 Å². The fraction of sp³-hybridized carbons (Fsp3) is 0.571. The SMILES string of the molecule is CCCC(O)(C#Cc1cc(OC)cc(C(O)CCNC(=O)C(F)(F)F)c1)CCC. The zero-order chi connectivity index (χ0) is 22.1. The van der Waals surface area contributed by atoms with Gasteiger partial charge in [0.15, 0.2) is 0 Å². The summed E-state index contributed by atoms with van der Waals surface area (Å²) in [6, 6.07) is 4.78. The molecule has 0 saturated heterocycles. The highest BCUT2D eigenvalue weighted by Gasteiger charge is 2.38. The monoisotopic (exact) mass is 415 g/mol. The average Bonchev–Trinajstić information content (AvgIpc) is 2.65. The summed E-state index contributed by atoms with van der Waals surface area (Å²) in [6.45, 7) is 3.57. The van der Waals surface area contributed by atoms with E-state index in [1.54, 1.807) is 23.5 Å². The Hall–Kier alpha value is -2.24. The molecule has 1 unspecified atom stereocenters. The minimum absolute atomic E-state index is 0.114. The van der Waals surface area contributed by atoms with Crippen molar-refractivity contribution in [3.05, 3.63) is 29.3 Å². The fourth-order valence-electron chi connectivity index (χ4n) is 2.86. The summed E-state index contributed by atoms with van der Waals surface area (Å²) in [6.07, 6.45) is -3.58. The largest absolute Gasteiger partial charge is 0.497 e. The molecule has 1 rings (SSSR count). The van der Waals surface area contributed by atoms with E-state index in [4.69, 9.17) is 4.74 Å². The third kappa shape index (κ3) is 8.34. The number of aliphatic hydroxyl groups excluding tert-OH is 1. The molecular weight excluding hydrogens is 387 g/mol. The maximum atomic E-state index is 12.2. The van der Waals surface area contributed by atoms with Gasteiger partial charge in [-0.3, -0.25) is 4.79 Å². The van der Waals surface area contributed by atoms with Gasteiger partial charge in [0.1, 0.15) is 11.4 Å². The smallest absolute Gasteiger partial charge is 0.471 e. The number of amides is 1. The third-order valence-electron chi connectivity index (χ3n) is 4.28. The van der Waals surface area contributed by atoms with Crippen LogP contribution in [0.15, 0.2) is 18.2 Å². The number of carbonyl (C=O) groups is 1. The number of hydrogen-bond acceptors (Lipinski definition) is 4. The molecule has 1 aromatic carbocycles. The van der Waals surface area contributed by atoms with Gasteiger partial charge in [0.2, 0.25) is 0 Å². The quantitative estimate of drug-likeness (QED) is 0.540. The van der Waals surface area contributed by atoms with Crippen LogP contribution in [0.2, 0.25) is 0 Å². The third-order valence-corrected chi connectivity index (χ3v) is 4.28. The molecule has 8 heteroatoms. The lowest BCUT2D eigenvalue weighted by molar-refractivity contribution is -0.173. The van der Waals surface area contributed by atoms with Crippen LogP contribution in [0, 0.1) is 11.8 Å². The number of halogens is 3. The molecule has 3 N–H and O–H groups in total. The number of methoxy groups -OCH3 is 1. The Morgan fingerprint density at radius 3 is 2.34 bits per heavy atom. The summed E-state index contributed by atoms with van der Waals surface area (Å²) in [5.74, 6) is 4.17. The molecule has 29 heavy (non-hydrogen) atoms. The second kappa shape index (κ2) is 11.1. The van der Waals surface area contributed by atoms with Crippen LogP contribution in [0.25, 0.3) is 0 Å². The van der Waals surface area contributed by atoms with E-state index >= 15 is 0 Å². The van der Waals surface area contributed by atoms with E-state index < -0.39 is 23.8 Å². The van der Waals surface area contributed by atoms with Gasteiger partial charge in [-0.05, 0) is 43.0 Å². The lowest BCUT2D eigenvalue weighted by Crippen LogP contribution is -2.37. The van der Waals surface area contributed by atoms with Gasteiger partial charge in [0.05, 0.1) is 13.2 Å². The van der Waals surface area contributed by atoms with Gasteiger partial charge >= 0.3 is 12.1 Å². The highest BCUT2D eigenvalue weighted by Crippen LogP contribution is 2.25. The Morgan fingerprint density at radius 1 is 1.21 bits per heavy atom. The van der Waals surface area contributed by atoms with Crippen LogP contribution in [0.1, 0.15) is 63.2 Å².